The van der Waals surface area contributed by atoms with Gasteiger partial charge in [0.1, 0.15) is 5.78 Å². The maximum absolute atomic E-state index is 11.7. The van der Waals surface area contributed by atoms with Crippen LogP contribution in [0.4, 0.5) is 0 Å². The summed E-state index contributed by atoms with van der Waals surface area (Å²) in [6.07, 6.45) is 31.7. The van der Waals surface area contributed by atoms with Crippen molar-refractivity contribution in [1.29, 1.82) is 0 Å². The fraction of sp³-hybridized carbons (Fsp3) is 0.351. The highest BCUT2D eigenvalue weighted by Crippen LogP contribution is 2.66. The van der Waals surface area contributed by atoms with Crippen LogP contribution in [0.1, 0.15) is 305 Å². The largest absolute Gasteiger partial charge is 0.380 e. The van der Waals surface area contributed by atoms with Crippen LogP contribution in [-0.4, -0.2) is 19.0 Å². The van der Waals surface area contributed by atoms with Crippen LogP contribution in [0, 0.1) is 83.1 Å². The van der Waals surface area contributed by atoms with Gasteiger partial charge in [-0.3, -0.25) is 4.79 Å². The molecule has 0 bridgehead atoms. The fourth-order valence-corrected chi connectivity index (χ4v) is 28.1. The van der Waals surface area contributed by atoms with E-state index in [1.165, 1.54) is 295 Å². The SMILES string of the molecule is Cc1ccc2c(c1)C1(CC1)c1cc(C)ccc1-2.Cc1ccc2c(c1)C1(CCC(=O)CC1)c1ccccc1-2.Cc1ccc2c(c1)C1(CCC1)c1cc(C)ccc1-2.Cc1ccc2c(c1)C1(CCCC1)c1cc(C)ccc1-2.Cc1ccc2c(c1)C1(CCCCC1)c1cc(C)ccc1-2.Cc1ccc2c(c1)C1(CCCCCC1)c1cc(C)ccc1-2.Cc1ccc2c(c1)C1(CCOC1)c1ccccc1-2. The quantitative estimate of drug-likeness (QED) is 0.151. The van der Waals surface area contributed by atoms with E-state index in [0.717, 1.165) is 45.3 Å². The van der Waals surface area contributed by atoms with Gasteiger partial charge in [-0.2, -0.15) is 0 Å². The molecule has 13 aliphatic carbocycles. The Labute approximate surface area is 794 Å². The maximum Gasteiger partial charge on any atom is 0.133 e. The molecule has 1 unspecified atom stereocenters. The number of Topliss-reactive ketones (excluding diaryl/α,β-unsaturated/α-hetero) is 1. The molecule has 7 spiro atoms. The van der Waals surface area contributed by atoms with Gasteiger partial charge in [-0.25, -0.2) is 0 Å². The predicted octanol–water partition coefficient (Wildman–Crippen LogP) is 33.8. The molecule has 14 aromatic rings. The van der Waals surface area contributed by atoms with Gasteiger partial charge >= 0.3 is 0 Å². The lowest BCUT2D eigenvalue weighted by atomic mass is 9.62. The number of rotatable bonds is 0. The van der Waals surface area contributed by atoms with E-state index < -0.39 is 0 Å². The average Bonchev–Trinajstić information content (AvgIpc) is 1.52. The third-order valence-corrected chi connectivity index (χ3v) is 35.0. The summed E-state index contributed by atoms with van der Waals surface area (Å²) in [6, 6.07) is 102. The number of carbonyl (C=O) groups is 1. The molecule has 6 saturated carbocycles. The van der Waals surface area contributed by atoms with Gasteiger partial charge in [-0.15, -0.1) is 0 Å². The van der Waals surface area contributed by atoms with Gasteiger partial charge in [-0.05, 0) is 322 Å². The van der Waals surface area contributed by atoms with Crippen molar-refractivity contribution in [3.8, 4) is 77.9 Å². The van der Waals surface area contributed by atoms with E-state index in [4.69, 9.17) is 4.74 Å². The van der Waals surface area contributed by atoms with Gasteiger partial charge in [0, 0.05) is 57.4 Å². The molecule has 2 heteroatoms. The summed E-state index contributed by atoms with van der Waals surface area (Å²) in [4.78, 5) is 11.7. The molecule has 1 heterocycles. The van der Waals surface area contributed by atoms with Crippen molar-refractivity contribution >= 4 is 5.78 Å². The van der Waals surface area contributed by atoms with Gasteiger partial charge in [0.15, 0.2) is 0 Å². The Morgan fingerprint density at radius 2 is 0.353 bits per heavy atom. The molecule has 14 aliphatic rings. The predicted molar refractivity (Wildman–Crippen MR) is 557 cm³/mol. The number of benzene rings is 14. The Hall–Kier alpha value is -11.3. The second-order valence-corrected chi connectivity index (χ2v) is 43.6. The van der Waals surface area contributed by atoms with Crippen molar-refractivity contribution in [3.05, 3.63) is 412 Å². The lowest BCUT2D eigenvalue weighted by Crippen LogP contribution is -2.33. The van der Waals surface area contributed by atoms with E-state index in [1.54, 1.807) is 55.6 Å². The smallest absolute Gasteiger partial charge is 0.133 e. The van der Waals surface area contributed by atoms with E-state index >= 15 is 0 Å². The average molecular weight is 1740 g/mol. The van der Waals surface area contributed by atoms with Gasteiger partial charge < -0.3 is 4.74 Å². The molecule has 28 rings (SSSR count). The summed E-state index contributed by atoms with van der Waals surface area (Å²) in [5.41, 5.74) is 60.8. The summed E-state index contributed by atoms with van der Waals surface area (Å²) in [5, 5.41) is 0. The fourth-order valence-electron chi connectivity index (χ4n) is 28.1. The highest BCUT2D eigenvalue weighted by atomic mass is 16.5. The number of hydrogen-bond donors (Lipinski definition) is 0. The molecule has 0 aromatic heterocycles. The minimum Gasteiger partial charge on any atom is -0.380 e. The zero-order valence-corrected chi connectivity index (χ0v) is 81.3. The number of hydrogen-bond acceptors (Lipinski definition) is 2. The molecule has 670 valence electrons. The van der Waals surface area contributed by atoms with Crippen LogP contribution >= 0.6 is 0 Å². The number of aryl methyl sites for hydroxylation is 12. The van der Waals surface area contributed by atoms with Crippen molar-refractivity contribution in [3.63, 3.8) is 0 Å². The highest BCUT2D eigenvalue weighted by molar-refractivity contribution is 5.90. The molecular formula is C131H134O2. The summed E-state index contributed by atoms with van der Waals surface area (Å²) < 4.78 is 5.74. The van der Waals surface area contributed by atoms with Gasteiger partial charge in [0.25, 0.3) is 0 Å². The second kappa shape index (κ2) is 34.0. The molecule has 1 atom stereocenters. The van der Waals surface area contributed by atoms with E-state index in [-0.39, 0.29) is 10.8 Å². The Bertz CT molecular complexity index is 6690. The van der Waals surface area contributed by atoms with Crippen LogP contribution in [0.5, 0.6) is 0 Å². The summed E-state index contributed by atoms with van der Waals surface area (Å²) >= 11 is 0. The standard InChI is InChI=1S/C21H24.C20H22.C19H18O.C19H20.C18H18.C17H16O.C17H16/c1-15-7-9-17-18-10-8-16(2)14-20(18)21(19(17)13-15)11-5-3-4-6-12-21;1-14-6-8-16-17-9-7-15(2)13-19(17)20(18(16)12-14)10-4-3-5-11-20;1-13-6-7-16-15-4-2-3-5-17(15)19(18(16)12-13)10-8-14(20)9-11-19;1-13-5-7-15-16-8-6-14(2)12-18(16)19(17(15)11-13)9-3-4-10-19;1-12-4-6-14-15-7-5-13(2)11-17(15)18(8-3-9-18)16(14)10-12;1-12-6-7-14-13-4-2-3-5-15(13)17(16(14)10-12)8-9-18-11-17;1-11-3-5-13-14-6-4-12(2)10-16(14)17(7-8-17)15(13)9-11/h7-10,13-14H,3-6,11-12H2,1-2H3;6-9,12-13H,3-5,10-11H2,1-2H3;2-7,12H,8-11H2,1H3;5-8,11-12H,3-4,9-10H2,1-2H3;4-7,10-11H,3,8-9H2,1-2H3;2-7,10H,8-9,11H2,1H3;3-6,9-10H,7-8H2,1-2H3. The van der Waals surface area contributed by atoms with Crippen molar-refractivity contribution in [2.75, 3.05) is 13.2 Å². The van der Waals surface area contributed by atoms with E-state index in [9.17, 15) is 4.79 Å². The Kier molecular flexibility index (Phi) is 22.2. The summed E-state index contributed by atoms with van der Waals surface area (Å²) in [5.74, 6) is 0.425. The van der Waals surface area contributed by atoms with Gasteiger partial charge in [-0.1, -0.05) is 398 Å². The summed E-state index contributed by atoms with van der Waals surface area (Å²) in [6.45, 7) is 28.2. The third-order valence-electron chi connectivity index (χ3n) is 35.0. The molecule has 7 fully saturated rings. The molecule has 1 saturated heterocycles. The lowest BCUT2D eigenvalue weighted by Gasteiger charge is -2.40. The maximum atomic E-state index is 11.7. The zero-order chi connectivity index (χ0) is 91.1. The highest BCUT2D eigenvalue weighted by Gasteiger charge is 2.54. The minimum absolute atomic E-state index is 0.0891. The minimum atomic E-state index is 0.0891. The number of ketones is 1. The van der Waals surface area contributed by atoms with Crippen molar-refractivity contribution < 1.29 is 9.53 Å². The normalized spacial score (nSPS) is 19.4. The Balaban J connectivity index is 0.0000000905. The Morgan fingerprint density at radius 3 is 0.564 bits per heavy atom. The summed E-state index contributed by atoms with van der Waals surface area (Å²) in [7, 11) is 0. The topological polar surface area (TPSA) is 26.3 Å². The van der Waals surface area contributed by atoms with E-state index in [2.05, 4.69) is 350 Å². The molecule has 14 aromatic carbocycles. The first-order valence-electron chi connectivity index (χ1n) is 51.2. The molecular weight excluding hydrogens is 1610 g/mol. The van der Waals surface area contributed by atoms with Crippen LogP contribution < -0.4 is 0 Å². The molecule has 2 nitrogen and oxygen atoms in total. The van der Waals surface area contributed by atoms with Crippen LogP contribution in [0.2, 0.25) is 0 Å². The first-order valence-corrected chi connectivity index (χ1v) is 51.2. The van der Waals surface area contributed by atoms with Crippen LogP contribution in [0.25, 0.3) is 77.9 Å². The lowest BCUT2D eigenvalue weighted by molar-refractivity contribution is -0.121. The number of fused-ring (bicyclic) bond motifs is 35. The van der Waals surface area contributed by atoms with Gasteiger partial charge in [0.05, 0.1) is 6.61 Å². The molecule has 1 aliphatic heterocycles. The molecule has 0 N–H and O–H groups in total. The van der Waals surface area contributed by atoms with Crippen LogP contribution in [-0.2, 0) is 47.4 Å². The van der Waals surface area contributed by atoms with Crippen molar-refractivity contribution in [2.24, 2.45) is 0 Å². The monoisotopic (exact) mass is 1740 g/mol. The molecule has 133 heavy (non-hydrogen) atoms. The Morgan fingerprint density at radius 1 is 0.173 bits per heavy atom. The van der Waals surface area contributed by atoms with Crippen molar-refractivity contribution in [1.82, 2.24) is 0 Å². The first kappa shape index (κ1) is 87.1. The van der Waals surface area contributed by atoms with Crippen LogP contribution in [0.3, 0.4) is 0 Å². The molecule has 0 radical (unpaired) electrons. The first-order chi connectivity index (χ1) is 64.5. The van der Waals surface area contributed by atoms with Gasteiger partial charge in [0.2, 0.25) is 0 Å². The zero-order valence-electron chi connectivity index (χ0n) is 81.3. The number of carbonyl (C=O) groups excluding carboxylic acids is 1. The van der Waals surface area contributed by atoms with E-state index in [0.29, 0.717) is 32.9 Å². The second-order valence-electron chi connectivity index (χ2n) is 43.6. The van der Waals surface area contributed by atoms with Crippen molar-refractivity contribution in [2.45, 2.75) is 282 Å². The van der Waals surface area contributed by atoms with Crippen LogP contribution in [0.15, 0.2) is 267 Å². The molecule has 0 amide bonds. The number of ether oxygens (including phenoxy) is 1. The third kappa shape index (κ3) is 14.5. The van der Waals surface area contributed by atoms with E-state index in [1.807, 2.05) is 0 Å².